The minimum atomic E-state index is -2.20. The number of carbonyl (C=O) groups excluding carboxylic acids is 2. The zero-order chi connectivity index (χ0) is 24.8. The van der Waals surface area contributed by atoms with Gasteiger partial charge in [0.2, 0.25) is 0 Å². The molecule has 35 heavy (non-hydrogen) atoms. The highest BCUT2D eigenvalue weighted by molar-refractivity contribution is 6.97. The van der Waals surface area contributed by atoms with Crippen molar-refractivity contribution >= 4 is 34.9 Å². The van der Waals surface area contributed by atoms with Crippen molar-refractivity contribution in [1.29, 1.82) is 0 Å². The Hall–Kier alpha value is -4.39. The largest absolute Gasteiger partial charge is 0.689 e. The van der Waals surface area contributed by atoms with Gasteiger partial charge in [-0.05, 0) is 25.1 Å². The van der Waals surface area contributed by atoms with Gasteiger partial charge in [0.1, 0.15) is 5.84 Å². The van der Waals surface area contributed by atoms with Gasteiger partial charge in [0.05, 0.1) is 11.3 Å². The average molecular weight is 464 g/mol. The Bertz CT molecular complexity index is 1260. The molecule has 1 amide bonds. The number of carbonyl (C=O) groups is 2. The molecule has 3 aromatic carbocycles. The highest BCUT2D eigenvalue weighted by Crippen LogP contribution is 2.25. The summed E-state index contributed by atoms with van der Waals surface area (Å²) >= 11 is 0. The third-order valence-corrected chi connectivity index (χ3v) is 5.74. The monoisotopic (exact) mass is 464 g/mol. The average Bonchev–Trinajstić information content (AvgIpc) is 2.88. The molecule has 0 aromatic heterocycles. The molecule has 0 bridgehead atoms. The van der Waals surface area contributed by atoms with Crippen LogP contribution in [0.4, 0.5) is 0 Å². The van der Waals surface area contributed by atoms with Crippen LogP contribution >= 0.6 is 0 Å². The summed E-state index contributed by atoms with van der Waals surface area (Å²) in [7, 11) is 3.76. The van der Waals surface area contributed by atoms with Crippen molar-refractivity contribution in [1.82, 2.24) is 10.2 Å². The maximum Gasteiger partial charge on any atom is 0.336 e. The number of rotatable bonds is 6. The first kappa shape index (κ1) is 23.8. The third kappa shape index (κ3) is 5.09. The molecule has 0 saturated heterocycles. The van der Waals surface area contributed by atoms with Crippen molar-refractivity contribution in [2.24, 2.45) is 4.90 Å². The van der Waals surface area contributed by atoms with Crippen LogP contribution in [0.25, 0.3) is 0 Å². The van der Waals surface area contributed by atoms with Crippen LogP contribution in [0.5, 0.6) is 0 Å². The lowest BCUT2D eigenvalue weighted by molar-refractivity contribution is -0.113. The number of ketones is 1. The molecule has 1 heterocycles. The van der Waals surface area contributed by atoms with Crippen molar-refractivity contribution in [2.75, 3.05) is 14.1 Å². The number of hydrogen-bond acceptors (Lipinski definition) is 5. The van der Waals surface area contributed by atoms with Crippen molar-refractivity contribution < 1.29 is 14.2 Å². The van der Waals surface area contributed by atoms with E-state index in [2.05, 4.69) is 5.32 Å². The van der Waals surface area contributed by atoms with E-state index >= 15 is 0 Å². The number of hydrogen-bond donors (Lipinski definition) is 1. The number of allylic oxidation sites excluding steroid dienone is 1. The van der Waals surface area contributed by atoms with Crippen LogP contribution in [0.1, 0.15) is 17.3 Å². The van der Waals surface area contributed by atoms with Gasteiger partial charge in [-0.25, -0.2) is 0 Å². The van der Waals surface area contributed by atoms with Crippen molar-refractivity contribution in [2.45, 2.75) is 6.92 Å². The zero-order valence-electron chi connectivity index (χ0n) is 20.0. The molecular formula is C28H27BN3O3-. The van der Waals surface area contributed by atoms with Gasteiger partial charge >= 0.3 is 6.48 Å². The second-order valence-electron chi connectivity index (χ2n) is 8.56. The Morgan fingerprint density at radius 1 is 0.857 bits per heavy atom. The van der Waals surface area contributed by atoms with Gasteiger partial charge in [-0.2, -0.15) is 0 Å². The molecule has 0 unspecified atom stereocenters. The van der Waals surface area contributed by atoms with E-state index in [1.54, 1.807) is 36.5 Å². The summed E-state index contributed by atoms with van der Waals surface area (Å²) in [5.41, 5.74) is 2.33. The Morgan fingerprint density at radius 3 is 1.86 bits per heavy atom. The Balaban J connectivity index is 1.95. The minimum absolute atomic E-state index is 0.184. The van der Waals surface area contributed by atoms with Crippen LogP contribution in [-0.2, 0) is 9.45 Å². The summed E-state index contributed by atoms with van der Waals surface area (Å²) in [6.07, 6.45) is 3.54. The molecule has 176 valence electrons. The molecule has 6 nitrogen and oxygen atoms in total. The minimum Gasteiger partial charge on any atom is -0.689 e. The Morgan fingerprint density at radius 2 is 1.37 bits per heavy atom. The summed E-state index contributed by atoms with van der Waals surface area (Å²) in [5.74, 6) is -0.0891. The molecule has 0 aliphatic carbocycles. The number of amides is 1. The lowest BCUT2D eigenvalue weighted by atomic mass is 9.42. The zero-order valence-corrected chi connectivity index (χ0v) is 20.0. The third-order valence-electron chi connectivity index (χ3n) is 5.74. The van der Waals surface area contributed by atoms with Gasteiger partial charge in [-0.3, -0.25) is 9.59 Å². The summed E-state index contributed by atoms with van der Waals surface area (Å²) in [6.45, 7) is -0.763. The van der Waals surface area contributed by atoms with Crippen LogP contribution in [0.3, 0.4) is 0 Å². The fraction of sp³-hybridized carbons (Fsp3) is 0.107. The second kappa shape index (κ2) is 10.3. The van der Waals surface area contributed by atoms with Gasteiger partial charge in [-0.1, -0.05) is 78.9 Å². The lowest BCUT2D eigenvalue weighted by Gasteiger charge is -2.45. The first-order valence-corrected chi connectivity index (χ1v) is 11.4. The summed E-state index contributed by atoms with van der Waals surface area (Å²) < 4.78 is 6.66. The summed E-state index contributed by atoms with van der Waals surface area (Å²) in [5, 5.41) is 2.90. The van der Waals surface area contributed by atoms with Crippen LogP contribution < -0.4 is 16.2 Å². The predicted octanol–water partition coefficient (Wildman–Crippen LogP) is 3.02. The summed E-state index contributed by atoms with van der Waals surface area (Å²) in [6, 6.07) is 28.1. The fourth-order valence-corrected chi connectivity index (χ4v) is 4.08. The van der Waals surface area contributed by atoms with E-state index in [1.807, 2.05) is 85.7 Å². The number of benzene rings is 3. The van der Waals surface area contributed by atoms with Gasteiger partial charge < -0.3 is 19.8 Å². The highest BCUT2D eigenvalue weighted by atomic mass is 16.5. The predicted molar refractivity (Wildman–Crippen MR) is 141 cm³/mol. The van der Waals surface area contributed by atoms with E-state index in [0.29, 0.717) is 11.3 Å². The molecule has 1 aliphatic heterocycles. The highest BCUT2D eigenvalue weighted by Gasteiger charge is 2.38. The first-order chi connectivity index (χ1) is 16.9. The maximum absolute atomic E-state index is 13.2. The quantitative estimate of drug-likeness (QED) is 0.570. The smallest absolute Gasteiger partial charge is 0.336 e. The topological polar surface area (TPSA) is 71.0 Å². The van der Waals surface area contributed by atoms with E-state index in [9.17, 15) is 9.59 Å². The lowest BCUT2D eigenvalue weighted by Crippen LogP contribution is -2.62. The SMILES string of the molecule is CC(=O)C1=C(/C=C/N(C)C)O[B-](c2ccccc2)(c2ccccc2)N=C1NC(=O)c1ccccc1. The van der Waals surface area contributed by atoms with Crippen LogP contribution in [0.2, 0.25) is 0 Å². The molecule has 7 heteroatoms. The maximum atomic E-state index is 13.2. The molecule has 0 radical (unpaired) electrons. The number of amidine groups is 1. The van der Waals surface area contributed by atoms with Crippen LogP contribution in [0.15, 0.2) is 120 Å². The molecular weight excluding hydrogens is 437 g/mol. The van der Waals surface area contributed by atoms with E-state index in [0.717, 1.165) is 10.9 Å². The van der Waals surface area contributed by atoms with Crippen molar-refractivity contribution in [3.63, 3.8) is 0 Å². The molecule has 4 rings (SSSR count). The second-order valence-corrected chi connectivity index (χ2v) is 8.56. The normalized spacial score (nSPS) is 14.8. The van der Waals surface area contributed by atoms with E-state index < -0.39 is 6.48 Å². The number of Topliss-reactive ketones (excluding diaryl/α,β-unsaturated/α-hetero) is 1. The molecule has 1 aliphatic rings. The van der Waals surface area contributed by atoms with E-state index in [1.165, 1.54) is 6.92 Å². The Kier molecular flexibility index (Phi) is 6.97. The van der Waals surface area contributed by atoms with Crippen molar-refractivity contribution in [3.8, 4) is 0 Å². The molecule has 1 N–H and O–H groups in total. The number of nitrogens with one attached hydrogen (secondary N) is 1. The van der Waals surface area contributed by atoms with Crippen LogP contribution in [0, 0.1) is 0 Å². The molecule has 3 aromatic rings. The Labute approximate surface area is 205 Å². The molecule has 0 fully saturated rings. The van der Waals surface area contributed by atoms with Gasteiger partial charge in [0.25, 0.3) is 5.91 Å². The molecule has 0 spiro atoms. The fourth-order valence-electron chi connectivity index (χ4n) is 4.08. The summed E-state index contributed by atoms with van der Waals surface area (Å²) in [4.78, 5) is 32.9. The first-order valence-electron chi connectivity index (χ1n) is 11.4. The van der Waals surface area contributed by atoms with Crippen LogP contribution in [-0.4, -0.2) is 43.0 Å². The standard InChI is InChI=1S/C28H27BN3O3/c1-21(33)26-25(19-20-32(2)3)35-29(23-15-9-5-10-16-23,24-17-11-6-12-18-24)31-27(26)30-28(34)22-13-7-4-8-14-22/h4-20H,1-3H3,(H,30,31,34)/q-1/b20-19+. The van der Waals surface area contributed by atoms with Gasteiger partial charge in [0, 0.05) is 25.9 Å². The number of nitrogens with zero attached hydrogens (tertiary/aromatic N) is 2. The van der Waals surface area contributed by atoms with Gasteiger partial charge in [0.15, 0.2) is 5.78 Å². The van der Waals surface area contributed by atoms with Gasteiger partial charge in [-0.15, -0.1) is 10.9 Å². The van der Waals surface area contributed by atoms with Crippen molar-refractivity contribution in [3.05, 3.63) is 120 Å². The molecule has 0 saturated carbocycles. The molecule has 0 atom stereocenters. The van der Waals surface area contributed by atoms with E-state index in [4.69, 9.17) is 9.56 Å². The van der Waals surface area contributed by atoms with E-state index in [-0.39, 0.29) is 23.1 Å².